The molecule has 0 bridgehead atoms. The predicted molar refractivity (Wildman–Crippen MR) is 127 cm³/mol. The number of hydrogen-bond donors (Lipinski definition) is 0. The van der Waals surface area contributed by atoms with Gasteiger partial charge in [-0.1, -0.05) is 18.2 Å². The van der Waals surface area contributed by atoms with Gasteiger partial charge in [0.25, 0.3) is 0 Å². The Hall–Kier alpha value is -1.93. The fourth-order valence-corrected chi connectivity index (χ4v) is 4.31. The van der Waals surface area contributed by atoms with Gasteiger partial charge in [-0.25, -0.2) is 0 Å². The molecule has 28 heavy (non-hydrogen) atoms. The van der Waals surface area contributed by atoms with E-state index in [9.17, 15) is 0 Å². The molecule has 3 aromatic rings. The summed E-state index contributed by atoms with van der Waals surface area (Å²) in [6, 6.07) is 12.4. The Morgan fingerprint density at radius 2 is 0.964 bits per heavy atom. The molecule has 0 spiro atoms. The lowest BCUT2D eigenvalue weighted by Crippen LogP contribution is -2.31. The molecular formula is C21H24N4S3. The number of aliphatic imine (C=N–C) groups is 3. The van der Waals surface area contributed by atoms with Gasteiger partial charge in [-0.3, -0.25) is 19.9 Å². The van der Waals surface area contributed by atoms with Gasteiger partial charge in [-0.15, -0.1) is 34.0 Å². The quantitative estimate of drug-likeness (QED) is 0.381. The van der Waals surface area contributed by atoms with Crippen LogP contribution in [0, 0.1) is 0 Å². The Balaban J connectivity index is 1.44. The second-order valence-electron chi connectivity index (χ2n) is 5.99. The standard InChI is InChI=1S/C21H24N4S3/c1-4-19(26-13-1)16-22-7-10-25(11-8-23-17-20-5-2-14-27-20)12-9-24-18-21-6-3-15-28-21/h1-6,13-18H,7-12H2. The summed E-state index contributed by atoms with van der Waals surface area (Å²) in [4.78, 5) is 19.7. The smallest absolute Gasteiger partial charge is 0.0517 e. The molecule has 146 valence electrons. The van der Waals surface area contributed by atoms with Gasteiger partial charge in [0.05, 0.1) is 19.6 Å². The van der Waals surface area contributed by atoms with Crippen molar-refractivity contribution in [3.63, 3.8) is 0 Å². The van der Waals surface area contributed by atoms with Crippen molar-refractivity contribution in [3.8, 4) is 0 Å². The van der Waals surface area contributed by atoms with Crippen LogP contribution in [0.15, 0.2) is 67.5 Å². The maximum Gasteiger partial charge on any atom is 0.0517 e. The first-order valence-electron chi connectivity index (χ1n) is 9.22. The topological polar surface area (TPSA) is 40.3 Å². The fraction of sp³-hybridized carbons (Fsp3) is 0.286. The summed E-state index contributed by atoms with van der Waals surface area (Å²) in [6.07, 6.45) is 5.90. The maximum atomic E-state index is 4.56. The van der Waals surface area contributed by atoms with E-state index < -0.39 is 0 Å². The first-order chi connectivity index (χ1) is 13.9. The Morgan fingerprint density at radius 1 is 0.607 bits per heavy atom. The lowest BCUT2D eigenvalue weighted by atomic mass is 10.4. The molecule has 0 amide bonds. The van der Waals surface area contributed by atoms with Gasteiger partial charge in [0, 0.05) is 52.9 Å². The minimum Gasteiger partial charge on any atom is -0.298 e. The third-order valence-corrected chi connectivity index (χ3v) is 6.34. The highest BCUT2D eigenvalue weighted by Gasteiger charge is 2.03. The first-order valence-corrected chi connectivity index (χ1v) is 11.9. The van der Waals surface area contributed by atoms with Gasteiger partial charge in [0.15, 0.2) is 0 Å². The lowest BCUT2D eigenvalue weighted by molar-refractivity contribution is 0.298. The molecule has 0 fully saturated rings. The minimum atomic E-state index is 0.793. The van der Waals surface area contributed by atoms with Crippen molar-refractivity contribution < 1.29 is 0 Å². The van der Waals surface area contributed by atoms with E-state index in [1.807, 2.05) is 18.6 Å². The molecule has 0 aliphatic carbocycles. The van der Waals surface area contributed by atoms with E-state index >= 15 is 0 Å². The third-order valence-electron chi connectivity index (χ3n) is 3.92. The first kappa shape index (κ1) is 20.8. The summed E-state index contributed by atoms with van der Waals surface area (Å²) in [5, 5.41) is 6.22. The lowest BCUT2D eigenvalue weighted by Gasteiger charge is -2.19. The predicted octanol–water partition coefficient (Wildman–Crippen LogP) is 4.83. The fourth-order valence-electron chi connectivity index (χ4n) is 2.49. The molecule has 7 heteroatoms. The van der Waals surface area contributed by atoms with Crippen LogP contribution in [0.5, 0.6) is 0 Å². The summed E-state index contributed by atoms with van der Waals surface area (Å²) < 4.78 is 0. The highest BCUT2D eigenvalue weighted by molar-refractivity contribution is 7.12. The van der Waals surface area contributed by atoms with Crippen molar-refractivity contribution in [2.24, 2.45) is 15.0 Å². The van der Waals surface area contributed by atoms with Crippen LogP contribution in [0.1, 0.15) is 14.6 Å². The van der Waals surface area contributed by atoms with Gasteiger partial charge in [0.1, 0.15) is 0 Å². The largest absolute Gasteiger partial charge is 0.298 e. The molecule has 0 unspecified atom stereocenters. The molecule has 3 heterocycles. The van der Waals surface area contributed by atoms with E-state index in [-0.39, 0.29) is 0 Å². The third kappa shape index (κ3) is 7.98. The van der Waals surface area contributed by atoms with Gasteiger partial charge in [0.2, 0.25) is 0 Å². The molecule has 0 aliphatic heterocycles. The summed E-state index contributed by atoms with van der Waals surface area (Å²) in [5.41, 5.74) is 0. The van der Waals surface area contributed by atoms with E-state index in [1.54, 1.807) is 34.0 Å². The van der Waals surface area contributed by atoms with Crippen LogP contribution < -0.4 is 0 Å². The summed E-state index contributed by atoms with van der Waals surface area (Å²) >= 11 is 5.14. The molecule has 3 aromatic heterocycles. The molecule has 0 atom stereocenters. The van der Waals surface area contributed by atoms with Crippen molar-refractivity contribution in [1.29, 1.82) is 0 Å². The SMILES string of the molecule is C(=NCCN(CCN=Cc1cccs1)CCN=Cc1cccs1)c1cccs1. The van der Waals surface area contributed by atoms with Crippen LogP contribution in [-0.2, 0) is 0 Å². The number of hydrogen-bond acceptors (Lipinski definition) is 7. The molecule has 3 rings (SSSR count). The van der Waals surface area contributed by atoms with Crippen LogP contribution in [0.2, 0.25) is 0 Å². The van der Waals surface area contributed by atoms with E-state index in [2.05, 4.69) is 72.4 Å². The van der Waals surface area contributed by atoms with E-state index in [0.29, 0.717) is 0 Å². The van der Waals surface area contributed by atoms with Crippen molar-refractivity contribution in [1.82, 2.24) is 4.90 Å². The number of thiophene rings is 3. The van der Waals surface area contributed by atoms with Gasteiger partial charge >= 0.3 is 0 Å². The van der Waals surface area contributed by atoms with Crippen LogP contribution in [0.4, 0.5) is 0 Å². The van der Waals surface area contributed by atoms with Gasteiger partial charge in [-0.2, -0.15) is 0 Å². The number of rotatable bonds is 12. The summed E-state index contributed by atoms with van der Waals surface area (Å²) in [6.45, 7) is 5.14. The molecule has 0 saturated heterocycles. The molecule has 0 radical (unpaired) electrons. The Morgan fingerprint density at radius 3 is 1.25 bits per heavy atom. The van der Waals surface area contributed by atoms with Crippen LogP contribution in [0.3, 0.4) is 0 Å². The normalized spacial score (nSPS) is 12.3. The summed E-state index contributed by atoms with van der Waals surface area (Å²) in [5.74, 6) is 0. The monoisotopic (exact) mass is 428 g/mol. The average molecular weight is 429 g/mol. The van der Waals surface area contributed by atoms with Crippen molar-refractivity contribution in [2.45, 2.75) is 0 Å². The molecule has 4 nitrogen and oxygen atoms in total. The van der Waals surface area contributed by atoms with Crippen molar-refractivity contribution >= 4 is 52.7 Å². The van der Waals surface area contributed by atoms with E-state index in [0.717, 1.165) is 39.3 Å². The highest BCUT2D eigenvalue weighted by Crippen LogP contribution is 2.06. The molecule has 0 saturated carbocycles. The van der Waals surface area contributed by atoms with Gasteiger partial charge in [-0.05, 0) is 34.3 Å². The highest BCUT2D eigenvalue weighted by atomic mass is 32.1. The van der Waals surface area contributed by atoms with Crippen LogP contribution in [-0.4, -0.2) is 62.8 Å². The van der Waals surface area contributed by atoms with Crippen LogP contribution >= 0.6 is 34.0 Å². The van der Waals surface area contributed by atoms with Gasteiger partial charge < -0.3 is 0 Å². The molecular weight excluding hydrogens is 404 g/mol. The minimum absolute atomic E-state index is 0.793. The second-order valence-corrected chi connectivity index (χ2v) is 8.93. The second kappa shape index (κ2) is 12.5. The Bertz CT molecular complexity index is 720. The maximum absolute atomic E-state index is 4.56. The van der Waals surface area contributed by atoms with E-state index in [4.69, 9.17) is 0 Å². The summed E-state index contributed by atoms with van der Waals surface area (Å²) in [7, 11) is 0. The van der Waals surface area contributed by atoms with E-state index in [1.165, 1.54) is 14.6 Å². The zero-order valence-corrected chi connectivity index (χ0v) is 18.1. The zero-order valence-electron chi connectivity index (χ0n) is 15.7. The van der Waals surface area contributed by atoms with Crippen molar-refractivity contribution in [3.05, 3.63) is 67.2 Å². The molecule has 0 aromatic carbocycles. The average Bonchev–Trinajstić information content (AvgIpc) is 3.48. The Labute approximate surface area is 178 Å². The Kier molecular flexibility index (Phi) is 9.29. The van der Waals surface area contributed by atoms with Crippen LogP contribution in [0.25, 0.3) is 0 Å². The zero-order chi connectivity index (χ0) is 19.3. The number of nitrogens with zero attached hydrogens (tertiary/aromatic N) is 4. The molecule has 0 N–H and O–H groups in total. The molecule has 0 aliphatic rings. The van der Waals surface area contributed by atoms with Crippen molar-refractivity contribution in [2.75, 3.05) is 39.3 Å².